The van der Waals surface area contributed by atoms with Crippen molar-refractivity contribution in [3.8, 4) is 0 Å². The Morgan fingerprint density at radius 3 is 2.47 bits per heavy atom. The SMILES string of the molecule is CNC1CC(C)CCC1C(C)(C)COC(C)C. The normalized spacial score (nSPS) is 30.9. The van der Waals surface area contributed by atoms with Gasteiger partial charge in [0.1, 0.15) is 0 Å². The summed E-state index contributed by atoms with van der Waals surface area (Å²) in [6.07, 6.45) is 4.35. The van der Waals surface area contributed by atoms with E-state index in [9.17, 15) is 0 Å². The molecule has 0 bridgehead atoms. The average molecular weight is 241 g/mol. The third-order valence-corrected chi connectivity index (χ3v) is 4.28. The second kappa shape index (κ2) is 6.19. The molecule has 1 fully saturated rings. The van der Waals surface area contributed by atoms with E-state index in [1.807, 2.05) is 0 Å². The molecule has 0 saturated heterocycles. The zero-order valence-electron chi connectivity index (χ0n) is 12.5. The fraction of sp³-hybridized carbons (Fsp3) is 1.00. The van der Waals surface area contributed by atoms with Gasteiger partial charge in [-0.1, -0.05) is 27.2 Å². The van der Waals surface area contributed by atoms with Crippen molar-refractivity contribution in [3.05, 3.63) is 0 Å². The zero-order valence-corrected chi connectivity index (χ0v) is 12.5. The Morgan fingerprint density at radius 2 is 1.94 bits per heavy atom. The number of rotatable bonds is 5. The quantitative estimate of drug-likeness (QED) is 0.796. The van der Waals surface area contributed by atoms with Gasteiger partial charge in [0.25, 0.3) is 0 Å². The first kappa shape index (κ1) is 15.0. The summed E-state index contributed by atoms with van der Waals surface area (Å²) in [6.45, 7) is 12.2. The van der Waals surface area contributed by atoms with E-state index in [1.54, 1.807) is 0 Å². The highest BCUT2D eigenvalue weighted by atomic mass is 16.5. The minimum Gasteiger partial charge on any atom is -0.378 e. The van der Waals surface area contributed by atoms with E-state index in [-0.39, 0.29) is 5.41 Å². The molecule has 1 saturated carbocycles. The van der Waals surface area contributed by atoms with Crippen LogP contribution < -0.4 is 5.32 Å². The summed E-state index contributed by atoms with van der Waals surface area (Å²) in [7, 11) is 2.11. The zero-order chi connectivity index (χ0) is 13.1. The molecule has 1 aliphatic rings. The molecular weight excluding hydrogens is 210 g/mol. The molecule has 0 spiro atoms. The fourth-order valence-electron chi connectivity index (χ4n) is 3.12. The molecule has 1 N–H and O–H groups in total. The Labute approximate surface area is 108 Å². The van der Waals surface area contributed by atoms with Crippen molar-refractivity contribution in [1.82, 2.24) is 5.32 Å². The lowest BCUT2D eigenvalue weighted by molar-refractivity contribution is -0.0246. The Kier molecular flexibility index (Phi) is 5.46. The molecule has 17 heavy (non-hydrogen) atoms. The van der Waals surface area contributed by atoms with Crippen molar-refractivity contribution < 1.29 is 4.74 Å². The summed E-state index contributed by atoms with van der Waals surface area (Å²) < 4.78 is 5.85. The van der Waals surface area contributed by atoms with Gasteiger partial charge in [0.2, 0.25) is 0 Å². The van der Waals surface area contributed by atoms with Gasteiger partial charge in [-0.3, -0.25) is 0 Å². The van der Waals surface area contributed by atoms with Gasteiger partial charge in [-0.05, 0) is 51.0 Å². The maximum absolute atomic E-state index is 5.85. The highest BCUT2D eigenvalue weighted by Gasteiger charge is 2.38. The van der Waals surface area contributed by atoms with Crippen molar-refractivity contribution in [3.63, 3.8) is 0 Å². The van der Waals surface area contributed by atoms with Crippen LogP contribution >= 0.6 is 0 Å². The van der Waals surface area contributed by atoms with Gasteiger partial charge in [-0.25, -0.2) is 0 Å². The number of nitrogens with one attached hydrogen (secondary N) is 1. The van der Waals surface area contributed by atoms with Crippen LogP contribution in [0.2, 0.25) is 0 Å². The van der Waals surface area contributed by atoms with E-state index in [4.69, 9.17) is 4.74 Å². The third-order valence-electron chi connectivity index (χ3n) is 4.28. The lowest BCUT2D eigenvalue weighted by Crippen LogP contribution is -2.47. The van der Waals surface area contributed by atoms with Gasteiger partial charge in [0.15, 0.2) is 0 Å². The average Bonchev–Trinajstić information content (AvgIpc) is 2.26. The molecule has 0 aliphatic heterocycles. The van der Waals surface area contributed by atoms with Crippen molar-refractivity contribution >= 4 is 0 Å². The van der Waals surface area contributed by atoms with Gasteiger partial charge < -0.3 is 10.1 Å². The van der Waals surface area contributed by atoms with Crippen LogP contribution in [-0.2, 0) is 4.74 Å². The molecule has 0 radical (unpaired) electrons. The molecule has 0 aromatic heterocycles. The van der Waals surface area contributed by atoms with Gasteiger partial charge >= 0.3 is 0 Å². The second-order valence-electron chi connectivity index (χ2n) is 6.77. The topological polar surface area (TPSA) is 21.3 Å². The van der Waals surface area contributed by atoms with Crippen molar-refractivity contribution in [2.24, 2.45) is 17.3 Å². The van der Waals surface area contributed by atoms with Crippen LogP contribution in [0.15, 0.2) is 0 Å². The van der Waals surface area contributed by atoms with Crippen LogP contribution in [0.1, 0.15) is 53.9 Å². The molecule has 1 rings (SSSR count). The minimum absolute atomic E-state index is 0.276. The van der Waals surface area contributed by atoms with Gasteiger partial charge in [0, 0.05) is 6.04 Å². The van der Waals surface area contributed by atoms with Crippen molar-refractivity contribution in [1.29, 1.82) is 0 Å². The van der Waals surface area contributed by atoms with E-state index >= 15 is 0 Å². The Morgan fingerprint density at radius 1 is 1.29 bits per heavy atom. The number of ether oxygens (including phenoxy) is 1. The molecule has 0 heterocycles. The molecule has 3 unspecified atom stereocenters. The Balaban J connectivity index is 2.61. The van der Waals surface area contributed by atoms with Crippen LogP contribution in [0.4, 0.5) is 0 Å². The first-order valence-electron chi connectivity index (χ1n) is 7.15. The molecule has 2 nitrogen and oxygen atoms in total. The summed E-state index contributed by atoms with van der Waals surface area (Å²) in [5.41, 5.74) is 0.276. The largest absolute Gasteiger partial charge is 0.378 e. The Bertz CT molecular complexity index is 225. The van der Waals surface area contributed by atoms with Crippen LogP contribution in [0.5, 0.6) is 0 Å². The highest BCUT2D eigenvalue weighted by Crippen LogP contribution is 2.40. The van der Waals surface area contributed by atoms with Crippen LogP contribution in [0, 0.1) is 17.3 Å². The number of hydrogen-bond acceptors (Lipinski definition) is 2. The second-order valence-corrected chi connectivity index (χ2v) is 6.77. The van der Waals surface area contributed by atoms with E-state index < -0.39 is 0 Å². The van der Waals surface area contributed by atoms with Crippen molar-refractivity contribution in [2.45, 2.75) is 66.0 Å². The fourth-order valence-corrected chi connectivity index (χ4v) is 3.12. The standard InChI is InChI=1S/C15H31NO/c1-11(2)17-10-15(4,5)13-8-7-12(3)9-14(13)16-6/h11-14,16H,7-10H2,1-6H3. The molecule has 1 aliphatic carbocycles. The molecule has 0 aromatic carbocycles. The van der Waals surface area contributed by atoms with Crippen LogP contribution in [0.3, 0.4) is 0 Å². The van der Waals surface area contributed by atoms with Crippen LogP contribution in [0.25, 0.3) is 0 Å². The first-order valence-corrected chi connectivity index (χ1v) is 7.15. The summed E-state index contributed by atoms with van der Waals surface area (Å²) >= 11 is 0. The lowest BCUT2D eigenvalue weighted by atomic mass is 9.66. The van der Waals surface area contributed by atoms with Gasteiger partial charge in [-0.2, -0.15) is 0 Å². The molecule has 102 valence electrons. The maximum Gasteiger partial charge on any atom is 0.0523 e. The maximum atomic E-state index is 5.85. The Hall–Kier alpha value is -0.0800. The first-order chi connectivity index (χ1) is 7.86. The molecule has 3 atom stereocenters. The third kappa shape index (κ3) is 4.26. The summed E-state index contributed by atoms with van der Waals surface area (Å²) in [5, 5.41) is 3.52. The minimum atomic E-state index is 0.276. The molecule has 2 heteroatoms. The molecular formula is C15H31NO. The van der Waals surface area contributed by atoms with Gasteiger partial charge in [0.05, 0.1) is 12.7 Å². The predicted molar refractivity (Wildman–Crippen MR) is 74.2 cm³/mol. The smallest absolute Gasteiger partial charge is 0.0523 e. The summed E-state index contributed by atoms with van der Waals surface area (Å²) in [4.78, 5) is 0. The predicted octanol–water partition coefficient (Wildman–Crippen LogP) is 3.46. The summed E-state index contributed by atoms with van der Waals surface area (Å²) in [6, 6.07) is 0.657. The van der Waals surface area contributed by atoms with E-state index in [2.05, 4.69) is 47.0 Å². The summed E-state index contributed by atoms with van der Waals surface area (Å²) in [5.74, 6) is 1.60. The monoisotopic (exact) mass is 241 g/mol. The number of hydrogen-bond donors (Lipinski definition) is 1. The van der Waals surface area contributed by atoms with E-state index in [0.29, 0.717) is 12.1 Å². The lowest BCUT2D eigenvalue weighted by Gasteiger charge is -2.44. The molecule has 0 aromatic rings. The van der Waals surface area contributed by atoms with E-state index in [1.165, 1.54) is 19.3 Å². The van der Waals surface area contributed by atoms with Gasteiger partial charge in [-0.15, -0.1) is 0 Å². The molecule has 0 amide bonds. The van der Waals surface area contributed by atoms with E-state index in [0.717, 1.165) is 18.4 Å². The van der Waals surface area contributed by atoms with Crippen LogP contribution in [-0.4, -0.2) is 25.8 Å². The van der Waals surface area contributed by atoms with Crippen molar-refractivity contribution in [2.75, 3.05) is 13.7 Å². The highest BCUT2D eigenvalue weighted by molar-refractivity contribution is 4.91.